The van der Waals surface area contributed by atoms with Gasteiger partial charge in [-0.3, -0.25) is 4.79 Å². The zero-order valence-corrected chi connectivity index (χ0v) is 18.3. The van der Waals surface area contributed by atoms with E-state index in [4.69, 9.17) is 4.74 Å². The number of fused-ring (bicyclic) bond motifs is 1. The fourth-order valence-corrected chi connectivity index (χ4v) is 4.63. The third kappa shape index (κ3) is 4.11. The monoisotopic (exact) mass is 425 g/mol. The molecule has 0 spiro atoms. The van der Waals surface area contributed by atoms with E-state index in [0.29, 0.717) is 13.0 Å². The second-order valence-electron chi connectivity index (χ2n) is 8.40. The minimum absolute atomic E-state index is 0.269. The maximum Gasteiger partial charge on any atom is 0.222 e. The Labute approximate surface area is 188 Å². The number of amides is 1. The summed E-state index contributed by atoms with van der Waals surface area (Å²) in [6.07, 6.45) is 13.6. The predicted octanol–water partition coefficient (Wildman–Crippen LogP) is 4.92. The summed E-state index contributed by atoms with van der Waals surface area (Å²) in [5.41, 5.74) is 7.07. The molecule has 0 N–H and O–H groups in total. The molecule has 5 heteroatoms. The highest BCUT2D eigenvalue weighted by Gasteiger charge is 2.22. The van der Waals surface area contributed by atoms with Crippen molar-refractivity contribution in [2.45, 2.75) is 25.7 Å². The van der Waals surface area contributed by atoms with Crippen LogP contribution in [0.25, 0.3) is 17.3 Å². The van der Waals surface area contributed by atoms with Crippen molar-refractivity contribution in [3.63, 3.8) is 0 Å². The average molecular weight is 426 g/mol. The first-order valence-corrected chi connectivity index (χ1v) is 11.1. The second kappa shape index (κ2) is 8.87. The molecule has 32 heavy (non-hydrogen) atoms. The highest BCUT2D eigenvalue weighted by Crippen LogP contribution is 2.32. The van der Waals surface area contributed by atoms with Gasteiger partial charge in [0.05, 0.1) is 19.1 Å². The molecule has 162 valence electrons. The number of hydrogen-bond donors (Lipinski definition) is 0. The van der Waals surface area contributed by atoms with E-state index in [-0.39, 0.29) is 5.91 Å². The molecule has 0 atom stereocenters. The molecular weight excluding hydrogens is 398 g/mol. The van der Waals surface area contributed by atoms with E-state index >= 15 is 0 Å². The van der Waals surface area contributed by atoms with Gasteiger partial charge in [-0.1, -0.05) is 42.5 Å². The number of hydrogen-bond acceptors (Lipinski definition) is 3. The Hall–Kier alpha value is -3.60. The molecule has 5 nitrogen and oxygen atoms in total. The number of carbonyl (C=O) groups is 1. The number of ether oxygens (including phenoxy) is 1. The van der Waals surface area contributed by atoms with Gasteiger partial charge in [0.2, 0.25) is 5.91 Å². The van der Waals surface area contributed by atoms with Gasteiger partial charge in [0.15, 0.2) is 0 Å². The first kappa shape index (κ1) is 20.3. The number of nitrogens with zero attached hydrogens (tertiary/aromatic N) is 3. The molecule has 0 bridgehead atoms. The fraction of sp³-hybridized carbons (Fsp3) is 0.259. The summed E-state index contributed by atoms with van der Waals surface area (Å²) in [4.78, 5) is 18.6. The molecule has 5 rings (SSSR count). The summed E-state index contributed by atoms with van der Waals surface area (Å²) in [7, 11) is 1.69. The Kier molecular flexibility index (Phi) is 5.63. The van der Waals surface area contributed by atoms with E-state index in [1.54, 1.807) is 19.6 Å². The maximum absolute atomic E-state index is 12.4. The van der Waals surface area contributed by atoms with Crippen molar-refractivity contribution in [3.05, 3.63) is 89.5 Å². The van der Waals surface area contributed by atoms with Crippen LogP contribution in [0.15, 0.2) is 72.8 Å². The summed E-state index contributed by atoms with van der Waals surface area (Å²) in [6, 6.07) is 14.8. The molecule has 0 saturated carbocycles. The van der Waals surface area contributed by atoms with E-state index < -0.39 is 0 Å². The Morgan fingerprint density at radius 1 is 1.16 bits per heavy atom. The van der Waals surface area contributed by atoms with Crippen molar-refractivity contribution in [1.29, 1.82) is 0 Å². The molecule has 0 unspecified atom stereocenters. The molecule has 1 amide bonds. The van der Waals surface area contributed by atoms with Crippen molar-refractivity contribution >= 4 is 17.6 Å². The van der Waals surface area contributed by atoms with Gasteiger partial charge in [-0.25, -0.2) is 4.98 Å². The van der Waals surface area contributed by atoms with Gasteiger partial charge in [0.1, 0.15) is 5.75 Å². The van der Waals surface area contributed by atoms with Crippen LogP contribution in [-0.4, -0.2) is 40.6 Å². The summed E-state index contributed by atoms with van der Waals surface area (Å²) in [6.45, 7) is 1.53. The predicted molar refractivity (Wildman–Crippen MR) is 127 cm³/mol. The van der Waals surface area contributed by atoms with Crippen LogP contribution < -0.4 is 4.74 Å². The Morgan fingerprint density at radius 2 is 2.06 bits per heavy atom. The standard InChI is InChI=1S/C27H27N3O2/c1-32-26-17-20(9-10-25(26)30-13-11-28-19-30)14-21-15-22-6-2-3-7-24(22)23(16-21)18-29-12-5-4-8-27(29)31/h2-3,6-7,9-11,13-14,16-17,19H,4-5,8,12,15,18H2,1H3. The lowest BCUT2D eigenvalue weighted by Gasteiger charge is -2.30. The fourth-order valence-electron chi connectivity index (χ4n) is 4.63. The molecule has 2 aliphatic rings. The number of piperidine rings is 1. The minimum atomic E-state index is 0.269. The molecule has 3 aromatic rings. The lowest BCUT2D eigenvalue weighted by Crippen LogP contribution is -2.36. The highest BCUT2D eigenvalue weighted by molar-refractivity contribution is 5.83. The molecule has 0 radical (unpaired) electrons. The lowest BCUT2D eigenvalue weighted by molar-refractivity contribution is -0.132. The van der Waals surface area contributed by atoms with Crippen LogP contribution in [0.3, 0.4) is 0 Å². The van der Waals surface area contributed by atoms with Crippen LogP contribution >= 0.6 is 0 Å². The smallest absolute Gasteiger partial charge is 0.222 e. The van der Waals surface area contributed by atoms with Crippen molar-refractivity contribution in [2.75, 3.05) is 20.2 Å². The highest BCUT2D eigenvalue weighted by atomic mass is 16.5. The van der Waals surface area contributed by atoms with Crippen molar-refractivity contribution < 1.29 is 9.53 Å². The van der Waals surface area contributed by atoms with Crippen molar-refractivity contribution in [1.82, 2.24) is 14.5 Å². The number of allylic oxidation sites excluding steroid dienone is 2. The van der Waals surface area contributed by atoms with E-state index in [9.17, 15) is 4.79 Å². The summed E-state index contributed by atoms with van der Waals surface area (Å²) in [5, 5.41) is 0. The number of carbonyl (C=O) groups excluding carboxylic acids is 1. The second-order valence-corrected chi connectivity index (χ2v) is 8.40. The summed E-state index contributed by atoms with van der Waals surface area (Å²) in [5.74, 6) is 1.07. The van der Waals surface area contributed by atoms with Crippen molar-refractivity contribution in [3.8, 4) is 11.4 Å². The van der Waals surface area contributed by atoms with Gasteiger partial charge in [0.25, 0.3) is 0 Å². The first-order chi connectivity index (χ1) is 15.7. The Bertz CT molecular complexity index is 1190. The molecule has 1 fully saturated rings. The van der Waals surface area contributed by atoms with Crippen LogP contribution in [0.4, 0.5) is 0 Å². The van der Waals surface area contributed by atoms with E-state index in [1.165, 1.54) is 22.3 Å². The van der Waals surface area contributed by atoms with Crippen LogP contribution in [0.5, 0.6) is 5.75 Å². The van der Waals surface area contributed by atoms with Crippen LogP contribution in [-0.2, 0) is 11.2 Å². The topological polar surface area (TPSA) is 47.4 Å². The van der Waals surface area contributed by atoms with E-state index in [1.807, 2.05) is 15.7 Å². The van der Waals surface area contributed by atoms with E-state index in [2.05, 4.69) is 59.6 Å². The largest absolute Gasteiger partial charge is 0.495 e. The molecule has 2 heterocycles. The van der Waals surface area contributed by atoms with Gasteiger partial charge in [-0.15, -0.1) is 0 Å². The Balaban J connectivity index is 1.48. The Morgan fingerprint density at radius 3 is 2.88 bits per heavy atom. The zero-order valence-electron chi connectivity index (χ0n) is 18.3. The van der Waals surface area contributed by atoms with E-state index in [0.717, 1.165) is 42.8 Å². The zero-order chi connectivity index (χ0) is 21.9. The average Bonchev–Trinajstić information content (AvgIpc) is 3.35. The summed E-state index contributed by atoms with van der Waals surface area (Å²) >= 11 is 0. The number of aromatic nitrogens is 2. The first-order valence-electron chi connectivity index (χ1n) is 11.1. The van der Waals surface area contributed by atoms with Gasteiger partial charge < -0.3 is 14.2 Å². The SMILES string of the molecule is COc1cc(C=C2C=C(CN3CCCCC3=O)c3ccccc3C2)ccc1-n1ccnc1. The lowest BCUT2D eigenvalue weighted by atomic mass is 9.86. The van der Waals surface area contributed by atoms with Crippen LogP contribution in [0.1, 0.15) is 36.0 Å². The molecular formula is C27H27N3O2. The summed E-state index contributed by atoms with van der Waals surface area (Å²) < 4.78 is 7.60. The van der Waals surface area contributed by atoms with Gasteiger partial charge in [0, 0.05) is 31.9 Å². The molecule has 1 aliphatic heterocycles. The third-order valence-electron chi connectivity index (χ3n) is 6.24. The van der Waals surface area contributed by atoms with Crippen LogP contribution in [0, 0.1) is 0 Å². The van der Waals surface area contributed by atoms with Gasteiger partial charge in [-0.2, -0.15) is 0 Å². The third-order valence-corrected chi connectivity index (χ3v) is 6.24. The number of methoxy groups -OCH3 is 1. The number of benzene rings is 2. The number of likely N-dealkylation sites (tertiary alicyclic amines) is 1. The number of rotatable bonds is 5. The normalized spacial score (nSPS) is 17.3. The molecule has 2 aromatic carbocycles. The minimum Gasteiger partial charge on any atom is -0.495 e. The molecule has 1 aromatic heterocycles. The molecule has 1 aliphatic carbocycles. The van der Waals surface area contributed by atoms with Gasteiger partial charge in [-0.05, 0) is 59.2 Å². The number of imidazole rings is 1. The van der Waals surface area contributed by atoms with Crippen LogP contribution in [0.2, 0.25) is 0 Å². The van der Waals surface area contributed by atoms with Crippen molar-refractivity contribution in [2.24, 2.45) is 0 Å². The molecule has 1 saturated heterocycles. The van der Waals surface area contributed by atoms with Gasteiger partial charge >= 0.3 is 0 Å². The maximum atomic E-state index is 12.4. The quantitative estimate of drug-likeness (QED) is 0.583.